The van der Waals surface area contributed by atoms with E-state index in [1.807, 2.05) is 0 Å². The standard InChI is InChI=1S/C19H35N3.ClH/c1-20-12-9-17(10-13-20)22-15-14-21-11-5-8-18(21)19(22)16-6-3-2-4-7-16;/h16-19H,2-15H2,1H3;1H. The lowest BCUT2D eigenvalue weighted by atomic mass is 9.78. The van der Waals surface area contributed by atoms with Gasteiger partial charge in [0.25, 0.3) is 0 Å². The summed E-state index contributed by atoms with van der Waals surface area (Å²) in [4.78, 5) is 8.40. The van der Waals surface area contributed by atoms with E-state index in [0.717, 1.165) is 24.0 Å². The first-order valence-corrected chi connectivity index (χ1v) is 10.0. The molecule has 1 saturated carbocycles. The minimum absolute atomic E-state index is 0. The molecular weight excluding hydrogens is 306 g/mol. The summed E-state index contributed by atoms with van der Waals surface area (Å²) in [5.74, 6) is 0.999. The molecule has 0 aromatic rings. The number of hydrogen-bond donors (Lipinski definition) is 0. The van der Waals surface area contributed by atoms with E-state index in [1.54, 1.807) is 0 Å². The van der Waals surface area contributed by atoms with Crippen molar-refractivity contribution in [2.24, 2.45) is 5.92 Å². The van der Waals surface area contributed by atoms with E-state index in [9.17, 15) is 0 Å². The van der Waals surface area contributed by atoms with Crippen molar-refractivity contribution in [2.45, 2.75) is 75.9 Å². The maximum absolute atomic E-state index is 3.02. The SMILES string of the molecule is CN1CCC(N2CCN3CCCC3C2C2CCCCC2)CC1.Cl. The van der Waals surface area contributed by atoms with Crippen molar-refractivity contribution in [3.8, 4) is 0 Å². The Hall–Kier alpha value is 0.170. The third-order valence-electron chi connectivity index (χ3n) is 7.13. The Balaban J connectivity index is 0.00000156. The van der Waals surface area contributed by atoms with Gasteiger partial charge in [0, 0.05) is 31.2 Å². The molecule has 23 heavy (non-hydrogen) atoms. The van der Waals surface area contributed by atoms with Gasteiger partial charge in [-0.15, -0.1) is 12.4 Å². The Bertz CT molecular complexity index is 364. The van der Waals surface area contributed by atoms with Crippen molar-refractivity contribution in [3.05, 3.63) is 0 Å². The van der Waals surface area contributed by atoms with Crippen LogP contribution in [-0.4, -0.2) is 72.6 Å². The van der Waals surface area contributed by atoms with Gasteiger partial charge in [-0.2, -0.15) is 0 Å². The van der Waals surface area contributed by atoms with Crippen LogP contribution >= 0.6 is 12.4 Å². The molecule has 0 bridgehead atoms. The van der Waals surface area contributed by atoms with Crippen molar-refractivity contribution in [1.82, 2.24) is 14.7 Å². The second-order valence-electron chi connectivity index (χ2n) is 8.41. The van der Waals surface area contributed by atoms with Crippen molar-refractivity contribution in [2.75, 3.05) is 39.8 Å². The molecule has 0 N–H and O–H groups in total. The van der Waals surface area contributed by atoms with Crippen molar-refractivity contribution in [3.63, 3.8) is 0 Å². The van der Waals surface area contributed by atoms with Gasteiger partial charge in [0.1, 0.15) is 0 Å². The molecule has 3 aliphatic heterocycles. The van der Waals surface area contributed by atoms with E-state index in [-0.39, 0.29) is 12.4 Å². The quantitative estimate of drug-likeness (QED) is 0.763. The van der Waals surface area contributed by atoms with Crippen LogP contribution in [0.1, 0.15) is 57.8 Å². The lowest BCUT2D eigenvalue weighted by molar-refractivity contribution is -0.0372. The maximum atomic E-state index is 3.02. The molecule has 4 rings (SSSR count). The number of likely N-dealkylation sites (tertiary alicyclic amines) is 1. The molecule has 0 spiro atoms. The van der Waals surface area contributed by atoms with Gasteiger partial charge in [-0.25, -0.2) is 0 Å². The normalized spacial score (nSPS) is 35.9. The molecule has 4 heteroatoms. The van der Waals surface area contributed by atoms with Crippen LogP contribution in [0.5, 0.6) is 0 Å². The summed E-state index contributed by atoms with van der Waals surface area (Å²) in [5.41, 5.74) is 0. The molecule has 1 aliphatic carbocycles. The number of fused-ring (bicyclic) bond motifs is 1. The third-order valence-corrected chi connectivity index (χ3v) is 7.13. The highest BCUT2D eigenvalue weighted by Gasteiger charge is 2.45. The Morgan fingerprint density at radius 1 is 0.696 bits per heavy atom. The van der Waals surface area contributed by atoms with Gasteiger partial charge in [-0.3, -0.25) is 9.80 Å². The summed E-state index contributed by atoms with van der Waals surface area (Å²) in [7, 11) is 2.30. The van der Waals surface area contributed by atoms with Gasteiger partial charge in [0.15, 0.2) is 0 Å². The van der Waals surface area contributed by atoms with Gasteiger partial charge < -0.3 is 4.90 Å². The predicted octanol–water partition coefficient (Wildman–Crippen LogP) is 3.23. The number of rotatable bonds is 2. The molecule has 4 aliphatic rings. The van der Waals surface area contributed by atoms with Crippen molar-refractivity contribution in [1.29, 1.82) is 0 Å². The smallest absolute Gasteiger partial charge is 0.0283 e. The number of piperidine rings is 1. The molecule has 4 fully saturated rings. The van der Waals surface area contributed by atoms with Gasteiger partial charge >= 0.3 is 0 Å². The monoisotopic (exact) mass is 341 g/mol. The molecule has 3 nitrogen and oxygen atoms in total. The minimum atomic E-state index is 0. The Labute approximate surface area is 149 Å². The van der Waals surface area contributed by atoms with E-state index in [2.05, 4.69) is 21.7 Å². The summed E-state index contributed by atoms with van der Waals surface area (Å²) in [5, 5.41) is 0. The van der Waals surface area contributed by atoms with Crippen molar-refractivity contribution >= 4 is 12.4 Å². The highest BCUT2D eigenvalue weighted by atomic mass is 35.5. The maximum Gasteiger partial charge on any atom is 0.0283 e. The van der Waals surface area contributed by atoms with Crippen LogP contribution in [0, 0.1) is 5.92 Å². The second kappa shape index (κ2) is 8.03. The molecule has 3 heterocycles. The summed E-state index contributed by atoms with van der Waals surface area (Å²) < 4.78 is 0. The summed E-state index contributed by atoms with van der Waals surface area (Å²) in [6.07, 6.45) is 13.3. The minimum Gasteiger partial charge on any atom is -0.306 e. The highest BCUT2D eigenvalue weighted by molar-refractivity contribution is 5.85. The van der Waals surface area contributed by atoms with Gasteiger partial charge in [0.2, 0.25) is 0 Å². The molecule has 2 atom stereocenters. The van der Waals surface area contributed by atoms with E-state index >= 15 is 0 Å². The zero-order valence-corrected chi connectivity index (χ0v) is 15.8. The van der Waals surface area contributed by atoms with Gasteiger partial charge in [-0.05, 0) is 71.1 Å². The second-order valence-corrected chi connectivity index (χ2v) is 8.41. The number of nitrogens with zero attached hydrogens (tertiary/aromatic N) is 3. The Kier molecular flexibility index (Phi) is 6.28. The molecule has 134 valence electrons. The lowest BCUT2D eigenvalue weighted by Gasteiger charge is -2.53. The zero-order chi connectivity index (χ0) is 14.9. The van der Waals surface area contributed by atoms with Crippen LogP contribution in [0.2, 0.25) is 0 Å². The van der Waals surface area contributed by atoms with Crippen LogP contribution in [-0.2, 0) is 0 Å². The average molecular weight is 342 g/mol. The first-order chi connectivity index (χ1) is 10.8. The fourth-order valence-corrected chi connectivity index (χ4v) is 5.94. The summed E-state index contributed by atoms with van der Waals surface area (Å²) >= 11 is 0. The molecule has 0 aromatic carbocycles. The number of halogens is 1. The molecule has 3 saturated heterocycles. The molecular formula is C19H36ClN3. The third kappa shape index (κ3) is 3.73. The average Bonchev–Trinajstić information content (AvgIpc) is 3.04. The first-order valence-electron chi connectivity index (χ1n) is 10.0. The summed E-state index contributed by atoms with van der Waals surface area (Å²) in [6, 6.07) is 2.67. The fraction of sp³-hybridized carbons (Fsp3) is 1.00. The molecule has 0 aromatic heterocycles. The number of hydrogen-bond acceptors (Lipinski definition) is 3. The first kappa shape index (κ1) is 18.0. The van der Waals surface area contributed by atoms with E-state index in [0.29, 0.717) is 0 Å². The predicted molar refractivity (Wildman–Crippen MR) is 99.4 cm³/mol. The van der Waals surface area contributed by atoms with Crippen LogP contribution in [0.3, 0.4) is 0 Å². The lowest BCUT2D eigenvalue weighted by Crippen LogP contribution is -2.63. The molecule has 0 amide bonds. The zero-order valence-electron chi connectivity index (χ0n) is 15.0. The Morgan fingerprint density at radius 2 is 1.43 bits per heavy atom. The Morgan fingerprint density at radius 3 is 2.17 bits per heavy atom. The van der Waals surface area contributed by atoms with Crippen LogP contribution in [0.25, 0.3) is 0 Å². The van der Waals surface area contributed by atoms with Crippen LogP contribution in [0.4, 0.5) is 0 Å². The van der Waals surface area contributed by atoms with E-state index in [1.165, 1.54) is 90.5 Å². The topological polar surface area (TPSA) is 9.72 Å². The van der Waals surface area contributed by atoms with Crippen LogP contribution < -0.4 is 0 Å². The van der Waals surface area contributed by atoms with E-state index < -0.39 is 0 Å². The number of piperazine rings is 1. The largest absolute Gasteiger partial charge is 0.306 e. The molecule has 2 unspecified atom stereocenters. The van der Waals surface area contributed by atoms with E-state index in [4.69, 9.17) is 0 Å². The van der Waals surface area contributed by atoms with Crippen molar-refractivity contribution < 1.29 is 0 Å². The highest BCUT2D eigenvalue weighted by Crippen LogP contribution is 2.39. The van der Waals surface area contributed by atoms with Gasteiger partial charge in [0.05, 0.1) is 0 Å². The van der Waals surface area contributed by atoms with Gasteiger partial charge in [-0.1, -0.05) is 19.3 Å². The molecule has 0 radical (unpaired) electrons. The van der Waals surface area contributed by atoms with Crippen LogP contribution in [0.15, 0.2) is 0 Å². The summed E-state index contributed by atoms with van der Waals surface area (Å²) in [6.45, 7) is 6.71. The fourth-order valence-electron chi connectivity index (χ4n) is 5.94.